The van der Waals surface area contributed by atoms with Crippen molar-refractivity contribution in [3.63, 3.8) is 0 Å². The Labute approximate surface area is 187 Å². The molecule has 1 aliphatic heterocycles. The standard InChI is InChI=1S/C24H15Cl2NO4/c25-15-7-10-19-17(11-15)22(29)20-21(13-5-8-16(28)9-6-13)27(24(30)23(20)31-19)12-14-3-1-2-4-18(14)26/h1-11,21,28H,12H2/t21-/m0/s1. The van der Waals surface area contributed by atoms with E-state index in [0.29, 0.717) is 26.6 Å². The van der Waals surface area contributed by atoms with Gasteiger partial charge in [0.25, 0.3) is 5.91 Å². The Balaban J connectivity index is 1.74. The van der Waals surface area contributed by atoms with Gasteiger partial charge in [0.15, 0.2) is 5.43 Å². The largest absolute Gasteiger partial charge is 0.508 e. The fraction of sp³-hybridized carbons (Fsp3) is 0.0833. The van der Waals surface area contributed by atoms with Gasteiger partial charge in [0.2, 0.25) is 5.76 Å². The molecule has 0 aliphatic carbocycles. The molecule has 0 bridgehead atoms. The molecule has 3 aromatic carbocycles. The van der Waals surface area contributed by atoms with Crippen molar-refractivity contribution >= 4 is 40.1 Å². The first-order chi connectivity index (χ1) is 14.9. The van der Waals surface area contributed by atoms with Gasteiger partial charge in [0.1, 0.15) is 11.3 Å². The molecule has 31 heavy (non-hydrogen) atoms. The van der Waals surface area contributed by atoms with Gasteiger partial charge in [-0.2, -0.15) is 0 Å². The zero-order valence-corrected chi connectivity index (χ0v) is 17.5. The van der Waals surface area contributed by atoms with E-state index in [1.54, 1.807) is 35.2 Å². The molecule has 0 radical (unpaired) electrons. The maximum atomic E-state index is 13.5. The van der Waals surface area contributed by atoms with Crippen molar-refractivity contribution in [3.8, 4) is 5.75 Å². The van der Waals surface area contributed by atoms with Gasteiger partial charge in [0, 0.05) is 16.6 Å². The number of halogens is 2. The average Bonchev–Trinajstić information content (AvgIpc) is 3.03. The van der Waals surface area contributed by atoms with Crippen LogP contribution in [0.4, 0.5) is 0 Å². The van der Waals surface area contributed by atoms with Crippen molar-refractivity contribution in [2.45, 2.75) is 12.6 Å². The summed E-state index contributed by atoms with van der Waals surface area (Å²) in [5.74, 6) is -0.310. The van der Waals surface area contributed by atoms with Gasteiger partial charge in [-0.25, -0.2) is 0 Å². The van der Waals surface area contributed by atoms with E-state index in [4.69, 9.17) is 27.6 Å². The zero-order valence-electron chi connectivity index (χ0n) is 16.0. The first kappa shape index (κ1) is 19.7. The summed E-state index contributed by atoms with van der Waals surface area (Å²) in [6.45, 7) is 0.185. The molecule has 1 aromatic heterocycles. The minimum Gasteiger partial charge on any atom is -0.508 e. The topological polar surface area (TPSA) is 70.8 Å². The van der Waals surface area contributed by atoms with E-state index in [2.05, 4.69) is 0 Å². The smallest absolute Gasteiger partial charge is 0.291 e. The van der Waals surface area contributed by atoms with Crippen LogP contribution in [0.1, 0.15) is 33.3 Å². The molecular formula is C24H15Cl2NO4. The number of phenols is 1. The van der Waals surface area contributed by atoms with Gasteiger partial charge < -0.3 is 14.4 Å². The predicted molar refractivity (Wildman–Crippen MR) is 119 cm³/mol. The highest BCUT2D eigenvalue weighted by molar-refractivity contribution is 6.31. The summed E-state index contributed by atoms with van der Waals surface area (Å²) in [4.78, 5) is 28.4. The molecule has 1 amide bonds. The van der Waals surface area contributed by atoms with E-state index in [9.17, 15) is 14.7 Å². The van der Waals surface area contributed by atoms with Crippen LogP contribution in [0.5, 0.6) is 5.75 Å². The minimum absolute atomic E-state index is 0.00458. The molecule has 4 aromatic rings. The molecule has 0 saturated heterocycles. The van der Waals surface area contributed by atoms with E-state index >= 15 is 0 Å². The quantitative estimate of drug-likeness (QED) is 0.443. The van der Waals surface area contributed by atoms with Crippen LogP contribution < -0.4 is 5.43 Å². The predicted octanol–water partition coefficient (Wildman–Crippen LogP) is 5.55. The van der Waals surface area contributed by atoms with Gasteiger partial charge >= 0.3 is 0 Å². The number of carbonyl (C=O) groups is 1. The molecule has 1 N–H and O–H groups in total. The molecule has 7 heteroatoms. The van der Waals surface area contributed by atoms with Crippen molar-refractivity contribution in [1.82, 2.24) is 4.90 Å². The number of phenolic OH excluding ortho intramolecular Hbond substituents is 1. The summed E-state index contributed by atoms with van der Waals surface area (Å²) >= 11 is 12.4. The van der Waals surface area contributed by atoms with Crippen molar-refractivity contribution in [1.29, 1.82) is 0 Å². The zero-order chi connectivity index (χ0) is 21.7. The highest BCUT2D eigenvalue weighted by Crippen LogP contribution is 2.40. The number of aromatic hydroxyl groups is 1. The molecule has 0 spiro atoms. The minimum atomic E-state index is -0.695. The summed E-state index contributed by atoms with van der Waals surface area (Å²) in [7, 11) is 0. The Bertz CT molecular complexity index is 1400. The molecule has 2 heterocycles. The number of fused-ring (bicyclic) bond motifs is 2. The lowest BCUT2D eigenvalue weighted by Crippen LogP contribution is -2.29. The van der Waals surface area contributed by atoms with Gasteiger partial charge in [-0.3, -0.25) is 9.59 Å². The molecule has 154 valence electrons. The van der Waals surface area contributed by atoms with E-state index < -0.39 is 11.9 Å². The molecule has 0 saturated carbocycles. The summed E-state index contributed by atoms with van der Waals surface area (Å²) in [6, 6.07) is 17.7. The third-order valence-electron chi connectivity index (χ3n) is 5.44. The highest BCUT2D eigenvalue weighted by atomic mass is 35.5. The summed E-state index contributed by atoms with van der Waals surface area (Å²) < 4.78 is 5.89. The maximum Gasteiger partial charge on any atom is 0.291 e. The van der Waals surface area contributed by atoms with Crippen LogP contribution in [-0.2, 0) is 6.54 Å². The second kappa shape index (κ2) is 7.45. The van der Waals surface area contributed by atoms with Crippen LogP contribution in [0.3, 0.4) is 0 Å². The summed E-state index contributed by atoms with van der Waals surface area (Å²) in [6.07, 6.45) is 0. The monoisotopic (exact) mass is 451 g/mol. The van der Waals surface area contributed by atoms with E-state index in [0.717, 1.165) is 5.56 Å². The fourth-order valence-electron chi connectivity index (χ4n) is 3.97. The molecule has 5 rings (SSSR count). The second-order valence-corrected chi connectivity index (χ2v) is 8.18. The third-order valence-corrected chi connectivity index (χ3v) is 6.04. The second-order valence-electron chi connectivity index (χ2n) is 7.33. The molecule has 0 fully saturated rings. The lowest BCUT2D eigenvalue weighted by atomic mass is 9.98. The number of nitrogens with zero attached hydrogens (tertiary/aromatic N) is 1. The van der Waals surface area contributed by atoms with E-state index in [1.807, 2.05) is 18.2 Å². The Morgan fingerprint density at radius 2 is 1.71 bits per heavy atom. The molecule has 1 atom stereocenters. The normalized spacial score (nSPS) is 15.5. The van der Waals surface area contributed by atoms with Gasteiger partial charge in [-0.1, -0.05) is 53.5 Å². The third kappa shape index (κ3) is 3.26. The SMILES string of the molecule is O=C1c2oc3ccc(Cl)cc3c(=O)c2[C@H](c2ccc(O)cc2)N1Cc1ccccc1Cl. The Morgan fingerprint density at radius 3 is 2.45 bits per heavy atom. The summed E-state index contributed by atoms with van der Waals surface area (Å²) in [5.41, 5.74) is 1.65. The number of hydrogen-bond donors (Lipinski definition) is 1. The number of benzene rings is 3. The van der Waals surface area contributed by atoms with Crippen LogP contribution in [0.15, 0.2) is 75.9 Å². The first-order valence-electron chi connectivity index (χ1n) is 9.53. The van der Waals surface area contributed by atoms with Gasteiger partial charge in [0.05, 0.1) is 17.0 Å². The van der Waals surface area contributed by atoms with Gasteiger partial charge in [-0.05, 0) is 47.5 Å². The van der Waals surface area contributed by atoms with Gasteiger partial charge in [-0.15, -0.1) is 0 Å². The van der Waals surface area contributed by atoms with Crippen LogP contribution in [-0.4, -0.2) is 15.9 Å². The van der Waals surface area contributed by atoms with Crippen LogP contribution >= 0.6 is 23.2 Å². The highest BCUT2D eigenvalue weighted by Gasteiger charge is 2.42. The van der Waals surface area contributed by atoms with Crippen molar-refractivity contribution in [2.24, 2.45) is 0 Å². The van der Waals surface area contributed by atoms with Crippen LogP contribution in [0, 0.1) is 0 Å². The Kier molecular flexibility index (Phi) is 4.73. The lowest BCUT2D eigenvalue weighted by Gasteiger charge is -2.25. The van der Waals surface area contributed by atoms with Crippen LogP contribution in [0.25, 0.3) is 11.0 Å². The van der Waals surface area contributed by atoms with Crippen molar-refractivity contribution in [3.05, 3.63) is 109 Å². The number of carbonyl (C=O) groups excluding carboxylic acids is 1. The van der Waals surface area contributed by atoms with E-state index in [-0.39, 0.29) is 29.0 Å². The lowest BCUT2D eigenvalue weighted by molar-refractivity contribution is 0.0714. The number of amides is 1. The summed E-state index contributed by atoms with van der Waals surface area (Å²) in [5, 5.41) is 10.9. The first-order valence-corrected chi connectivity index (χ1v) is 10.3. The Hall–Kier alpha value is -3.28. The average molecular weight is 452 g/mol. The Morgan fingerprint density at radius 1 is 0.968 bits per heavy atom. The molecular weight excluding hydrogens is 437 g/mol. The molecule has 0 unspecified atom stereocenters. The number of hydrogen-bond acceptors (Lipinski definition) is 4. The van der Waals surface area contributed by atoms with Crippen molar-refractivity contribution in [2.75, 3.05) is 0 Å². The molecule has 1 aliphatic rings. The number of rotatable bonds is 3. The maximum absolute atomic E-state index is 13.5. The van der Waals surface area contributed by atoms with Crippen molar-refractivity contribution < 1.29 is 14.3 Å². The van der Waals surface area contributed by atoms with Crippen LogP contribution in [0.2, 0.25) is 10.0 Å². The molecule has 5 nitrogen and oxygen atoms in total. The fourth-order valence-corrected chi connectivity index (χ4v) is 4.34. The van der Waals surface area contributed by atoms with E-state index in [1.165, 1.54) is 18.2 Å².